The highest BCUT2D eigenvalue weighted by atomic mass is 16.5. The number of pyridine rings is 1. The summed E-state index contributed by atoms with van der Waals surface area (Å²) < 4.78 is 10.7. The second-order valence-electron chi connectivity index (χ2n) is 6.72. The molecule has 4 rings (SSSR count). The van der Waals surface area contributed by atoms with E-state index in [0.29, 0.717) is 18.7 Å². The van der Waals surface area contributed by atoms with Crippen molar-refractivity contribution in [2.45, 2.75) is 19.6 Å². The number of hydrogen-bond acceptors (Lipinski definition) is 5. The smallest absolute Gasteiger partial charge is 0.258 e. The third kappa shape index (κ3) is 3.87. The van der Waals surface area contributed by atoms with Gasteiger partial charge < -0.3 is 19.7 Å². The van der Waals surface area contributed by atoms with Crippen LogP contribution in [0.4, 0.5) is 5.69 Å². The van der Waals surface area contributed by atoms with Gasteiger partial charge in [0.2, 0.25) is 0 Å². The average Bonchev–Trinajstić information content (AvgIpc) is 3.02. The number of rotatable bonds is 7. The van der Waals surface area contributed by atoms with Gasteiger partial charge in [0, 0.05) is 18.4 Å². The van der Waals surface area contributed by atoms with Gasteiger partial charge in [0.15, 0.2) is 0 Å². The Morgan fingerprint density at radius 3 is 2.45 bits per heavy atom. The van der Waals surface area contributed by atoms with Crippen LogP contribution in [0.15, 0.2) is 66.9 Å². The third-order valence-electron chi connectivity index (χ3n) is 4.88. The Balaban J connectivity index is 1.60. The van der Waals surface area contributed by atoms with Crippen molar-refractivity contribution in [2.75, 3.05) is 19.0 Å². The first kappa shape index (κ1) is 18.8. The van der Waals surface area contributed by atoms with Crippen LogP contribution in [0.25, 0.3) is 0 Å². The zero-order chi connectivity index (χ0) is 20.2. The summed E-state index contributed by atoms with van der Waals surface area (Å²) in [5.41, 5.74) is 3.28. The molecule has 3 aromatic rings. The van der Waals surface area contributed by atoms with Gasteiger partial charge in [0.05, 0.1) is 25.0 Å². The summed E-state index contributed by atoms with van der Waals surface area (Å²) >= 11 is 0. The molecular weight excluding hydrogens is 366 g/mol. The Morgan fingerprint density at radius 1 is 1.03 bits per heavy atom. The summed E-state index contributed by atoms with van der Waals surface area (Å²) in [6, 6.07) is 19.1. The predicted octanol–water partition coefficient (Wildman–Crippen LogP) is 4.26. The molecule has 1 atom stereocenters. The molecule has 0 bridgehead atoms. The summed E-state index contributed by atoms with van der Waals surface area (Å²) in [5, 5.41) is 3.45. The molecule has 1 unspecified atom stereocenters. The molecule has 1 N–H and O–H groups in total. The van der Waals surface area contributed by atoms with Crippen molar-refractivity contribution in [1.82, 2.24) is 9.88 Å². The molecule has 0 saturated heterocycles. The average molecular weight is 389 g/mol. The minimum Gasteiger partial charge on any atom is -0.497 e. The molecule has 29 heavy (non-hydrogen) atoms. The molecule has 0 aliphatic carbocycles. The van der Waals surface area contributed by atoms with Crippen LogP contribution in [0.5, 0.6) is 11.5 Å². The fourth-order valence-electron chi connectivity index (χ4n) is 3.44. The summed E-state index contributed by atoms with van der Waals surface area (Å²) in [6.45, 7) is 3.04. The van der Waals surface area contributed by atoms with Crippen molar-refractivity contribution in [3.05, 3.63) is 83.7 Å². The zero-order valence-corrected chi connectivity index (χ0v) is 16.5. The molecule has 0 spiro atoms. The van der Waals surface area contributed by atoms with Gasteiger partial charge in [-0.2, -0.15) is 0 Å². The third-order valence-corrected chi connectivity index (χ3v) is 4.88. The monoisotopic (exact) mass is 389 g/mol. The number of aromatic nitrogens is 1. The molecule has 2 aromatic carbocycles. The number of fused-ring (bicyclic) bond motifs is 1. The van der Waals surface area contributed by atoms with Crippen LogP contribution in [-0.4, -0.2) is 29.5 Å². The lowest BCUT2D eigenvalue weighted by Gasteiger charge is -2.26. The maximum absolute atomic E-state index is 13.1. The van der Waals surface area contributed by atoms with Gasteiger partial charge in [0.1, 0.15) is 17.7 Å². The number of carbonyl (C=O) groups is 1. The minimum absolute atomic E-state index is 0.0349. The van der Waals surface area contributed by atoms with Gasteiger partial charge in [0.25, 0.3) is 5.91 Å². The lowest BCUT2D eigenvalue weighted by molar-refractivity contribution is 0.0727. The van der Waals surface area contributed by atoms with Crippen molar-refractivity contribution < 1.29 is 14.3 Å². The highest BCUT2D eigenvalue weighted by molar-refractivity contribution is 5.98. The lowest BCUT2D eigenvalue weighted by atomic mass is 10.2. The van der Waals surface area contributed by atoms with Crippen LogP contribution in [0.1, 0.15) is 34.7 Å². The van der Waals surface area contributed by atoms with Gasteiger partial charge in [-0.05, 0) is 61.0 Å². The highest BCUT2D eigenvalue weighted by Crippen LogP contribution is 2.34. The molecule has 0 radical (unpaired) electrons. The van der Waals surface area contributed by atoms with E-state index in [4.69, 9.17) is 9.47 Å². The quantitative estimate of drug-likeness (QED) is 0.654. The molecule has 1 aliphatic heterocycles. The number of benzene rings is 2. The normalized spacial score (nSPS) is 15.2. The topological polar surface area (TPSA) is 63.7 Å². The first-order valence-corrected chi connectivity index (χ1v) is 9.58. The molecule has 0 fully saturated rings. The maximum atomic E-state index is 13.1. The fraction of sp³-hybridized carbons (Fsp3) is 0.217. The van der Waals surface area contributed by atoms with Gasteiger partial charge in [-0.3, -0.25) is 9.78 Å². The van der Waals surface area contributed by atoms with Crippen LogP contribution in [0.2, 0.25) is 0 Å². The SMILES string of the molecule is CCOc1ccc(NC2c3ncccc3C(=O)N2Cc2ccc(OC)cc2)cc1. The summed E-state index contributed by atoms with van der Waals surface area (Å²) in [7, 11) is 1.64. The Morgan fingerprint density at radius 2 is 1.76 bits per heavy atom. The second-order valence-corrected chi connectivity index (χ2v) is 6.72. The van der Waals surface area contributed by atoms with Crippen LogP contribution < -0.4 is 14.8 Å². The number of methoxy groups -OCH3 is 1. The van der Waals surface area contributed by atoms with Crippen molar-refractivity contribution in [2.24, 2.45) is 0 Å². The van der Waals surface area contributed by atoms with Crippen LogP contribution >= 0.6 is 0 Å². The van der Waals surface area contributed by atoms with E-state index >= 15 is 0 Å². The number of amides is 1. The zero-order valence-electron chi connectivity index (χ0n) is 16.5. The summed E-state index contributed by atoms with van der Waals surface area (Å²) in [6.07, 6.45) is 1.37. The molecule has 148 valence electrons. The van der Waals surface area contributed by atoms with E-state index in [1.807, 2.05) is 61.5 Å². The van der Waals surface area contributed by atoms with E-state index in [9.17, 15) is 4.79 Å². The Hall–Kier alpha value is -3.54. The van der Waals surface area contributed by atoms with Crippen LogP contribution in [0, 0.1) is 0 Å². The molecule has 1 amide bonds. The highest BCUT2D eigenvalue weighted by Gasteiger charge is 2.37. The number of nitrogens with one attached hydrogen (secondary N) is 1. The molecule has 6 nitrogen and oxygen atoms in total. The van der Waals surface area contributed by atoms with E-state index in [1.165, 1.54) is 0 Å². The molecule has 1 aliphatic rings. The first-order valence-electron chi connectivity index (χ1n) is 9.58. The Bertz CT molecular complexity index is 987. The van der Waals surface area contributed by atoms with Crippen molar-refractivity contribution in [3.63, 3.8) is 0 Å². The number of ether oxygens (including phenoxy) is 2. The lowest BCUT2D eigenvalue weighted by Crippen LogP contribution is -2.32. The predicted molar refractivity (Wildman–Crippen MR) is 111 cm³/mol. The first-order chi connectivity index (χ1) is 14.2. The molecule has 2 heterocycles. The van der Waals surface area contributed by atoms with E-state index in [2.05, 4.69) is 10.3 Å². The van der Waals surface area contributed by atoms with Crippen LogP contribution in [0.3, 0.4) is 0 Å². The second kappa shape index (κ2) is 8.22. The summed E-state index contributed by atoms with van der Waals surface area (Å²) in [4.78, 5) is 19.4. The van der Waals surface area contributed by atoms with E-state index in [0.717, 1.165) is 28.4 Å². The number of anilines is 1. The molecule has 0 saturated carbocycles. The van der Waals surface area contributed by atoms with Crippen molar-refractivity contribution in [3.8, 4) is 11.5 Å². The summed E-state index contributed by atoms with van der Waals surface area (Å²) in [5.74, 6) is 1.57. The van der Waals surface area contributed by atoms with E-state index < -0.39 is 0 Å². The Labute approximate surface area is 170 Å². The van der Waals surface area contributed by atoms with Gasteiger partial charge >= 0.3 is 0 Å². The fourth-order valence-corrected chi connectivity index (χ4v) is 3.44. The largest absolute Gasteiger partial charge is 0.497 e. The number of carbonyl (C=O) groups excluding carboxylic acids is 1. The van der Waals surface area contributed by atoms with Gasteiger partial charge in [-0.15, -0.1) is 0 Å². The van der Waals surface area contributed by atoms with Gasteiger partial charge in [-0.1, -0.05) is 12.1 Å². The number of nitrogens with zero attached hydrogens (tertiary/aromatic N) is 2. The minimum atomic E-state index is -0.348. The maximum Gasteiger partial charge on any atom is 0.258 e. The molecular formula is C23H23N3O3. The Kier molecular flexibility index (Phi) is 5.33. The standard InChI is InChI=1S/C23H23N3O3/c1-3-29-19-12-8-17(9-13-19)25-22-21-20(5-4-14-24-21)23(27)26(22)15-16-6-10-18(28-2)11-7-16/h4-14,22,25H,3,15H2,1-2H3. The van der Waals surface area contributed by atoms with E-state index in [1.54, 1.807) is 24.3 Å². The molecule has 6 heteroatoms. The van der Waals surface area contributed by atoms with Gasteiger partial charge in [-0.25, -0.2) is 0 Å². The van der Waals surface area contributed by atoms with Crippen LogP contribution in [-0.2, 0) is 6.54 Å². The number of hydrogen-bond donors (Lipinski definition) is 1. The van der Waals surface area contributed by atoms with E-state index in [-0.39, 0.29) is 12.1 Å². The van der Waals surface area contributed by atoms with Crippen molar-refractivity contribution >= 4 is 11.6 Å². The molecule has 1 aromatic heterocycles. The van der Waals surface area contributed by atoms with Crippen molar-refractivity contribution in [1.29, 1.82) is 0 Å².